The Hall–Kier alpha value is -2.14. The van der Waals surface area contributed by atoms with E-state index < -0.39 is 0 Å². The molecule has 0 saturated heterocycles. The third-order valence-electron chi connectivity index (χ3n) is 3.80. The molecule has 7 nitrogen and oxygen atoms in total. The number of ether oxygens (including phenoxy) is 1. The molecule has 1 N–H and O–H groups in total. The molecule has 0 fully saturated rings. The SMILES string of the molecule is COc1ccc(C)cc1-n1nnnc1SCC(=O)Nc1ccc(I)cc1C. The molecule has 27 heavy (non-hydrogen) atoms. The van der Waals surface area contributed by atoms with Gasteiger partial charge < -0.3 is 10.1 Å². The Morgan fingerprint density at radius 1 is 1.26 bits per heavy atom. The first kappa shape index (κ1) is 19.6. The van der Waals surface area contributed by atoms with Crippen molar-refractivity contribution in [2.24, 2.45) is 0 Å². The van der Waals surface area contributed by atoms with Gasteiger partial charge in [-0.25, -0.2) is 0 Å². The second-order valence-electron chi connectivity index (χ2n) is 5.84. The Kier molecular flexibility index (Phi) is 6.32. The van der Waals surface area contributed by atoms with Crippen LogP contribution in [0.3, 0.4) is 0 Å². The Morgan fingerprint density at radius 2 is 2.07 bits per heavy atom. The molecule has 0 bridgehead atoms. The van der Waals surface area contributed by atoms with Crippen molar-refractivity contribution in [3.05, 3.63) is 51.1 Å². The van der Waals surface area contributed by atoms with Crippen LogP contribution in [0.4, 0.5) is 5.69 Å². The van der Waals surface area contributed by atoms with Crippen molar-refractivity contribution in [3.63, 3.8) is 0 Å². The van der Waals surface area contributed by atoms with Gasteiger partial charge in [0.15, 0.2) is 0 Å². The van der Waals surface area contributed by atoms with Crippen molar-refractivity contribution in [3.8, 4) is 11.4 Å². The summed E-state index contributed by atoms with van der Waals surface area (Å²) in [6.07, 6.45) is 0. The van der Waals surface area contributed by atoms with Gasteiger partial charge >= 0.3 is 0 Å². The number of amides is 1. The number of nitrogens with zero attached hydrogens (tertiary/aromatic N) is 4. The van der Waals surface area contributed by atoms with Gasteiger partial charge in [-0.3, -0.25) is 4.79 Å². The number of nitrogens with one attached hydrogen (secondary N) is 1. The Morgan fingerprint density at radius 3 is 2.81 bits per heavy atom. The zero-order valence-electron chi connectivity index (χ0n) is 15.1. The Labute approximate surface area is 175 Å². The van der Waals surface area contributed by atoms with E-state index in [1.54, 1.807) is 11.8 Å². The van der Waals surface area contributed by atoms with E-state index in [4.69, 9.17) is 4.74 Å². The van der Waals surface area contributed by atoms with Crippen LogP contribution >= 0.6 is 34.4 Å². The zero-order valence-corrected chi connectivity index (χ0v) is 18.0. The standard InChI is InChI=1S/C18H18IN5O2S/c1-11-4-7-16(26-3)15(8-11)24-18(21-22-23-24)27-10-17(25)20-14-6-5-13(19)9-12(14)2/h4-9H,10H2,1-3H3,(H,20,25). The first-order valence-corrected chi connectivity index (χ1v) is 10.2. The summed E-state index contributed by atoms with van der Waals surface area (Å²) in [5.74, 6) is 0.740. The van der Waals surface area contributed by atoms with Gasteiger partial charge in [-0.05, 0) is 88.3 Å². The number of benzene rings is 2. The smallest absolute Gasteiger partial charge is 0.234 e. The van der Waals surface area contributed by atoms with Gasteiger partial charge in [-0.1, -0.05) is 17.8 Å². The van der Waals surface area contributed by atoms with E-state index in [0.29, 0.717) is 10.9 Å². The van der Waals surface area contributed by atoms with Crippen LogP contribution in [-0.4, -0.2) is 39.0 Å². The van der Waals surface area contributed by atoms with Crippen LogP contribution in [0.15, 0.2) is 41.6 Å². The number of aromatic nitrogens is 4. The van der Waals surface area contributed by atoms with Crippen LogP contribution in [0.25, 0.3) is 5.69 Å². The summed E-state index contributed by atoms with van der Waals surface area (Å²) in [6, 6.07) is 11.6. The largest absolute Gasteiger partial charge is 0.494 e. The maximum atomic E-state index is 12.3. The third-order valence-corrected chi connectivity index (χ3v) is 5.39. The average molecular weight is 495 g/mol. The van der Waals surface area contributed by atoms with Crippen LogP contribution in [0, 0.1) is 17.4 Å². The number of hydrogen-bond donors (Lipinski definition) is 1. The van der Waals surface area contributed by atoms with Gasteiger partial charge in [0.05, 0.1) is 12.9 Å². The number of thioether (sulfide) groups is 1. The van der Waals surface area contributed by atoms with E-state index in [-0.39, 0.29) is 11.7 Å². The summed E-state index contributed by atoms with van der Waals surface area (Å²) in [5, 5.41) is 15.3. The summed E-state index contributed by atoms with van der Waals surface area (Å²) in [7, 11) is 1.60. The number of aryl methyl sites for hydroxylation is 2. The molecule has 1 aromatic heterocycles. The average Bonchev–Trinajstić information content (AvgIpc) is 3.11. The number of carbonyl (C=O) groups excluding carboxylic acids is 1. The topological polar surface area (TPSA) is 81.9 Å². The van der Waals surface area contributed by atoms with Crippen LogP contribution in [0.1, 0.15) is 11.1 Å². The van der Waals surface area contributed by atoms with E-state index in [1.165, 1.54) is 11.8 Å². The molecule has 0 unspecified atom stereocenters. The number of anilines is 1. The highest BCUT2D eigenvalue weighted by atomic mass is 127. The lowest BCUT2D eigenvalue weighted by molar-refractivity contribution is -0.113. The fraction of sp³-hybridized carbons (Fsp3) is 0.222. The van der Waals surface area contributed by atoms with E-state index in [1.807, 2.05) is 50.2 Å². The second-order valence-corrected chi connectivity index (χ2v) is 8.03. The van der Waals surface area contributed by atoms with Gasteiger partial charge in [-0.15, -0.1) is 5.10 Å². The molecule has 1 heterocycles. The van der Waals surface area contributed by atoms with Crippen LogP contribution in [-0.2, 0) is 4.79 Å². The number of hydrogen-bond acceptors (Lipinski definition) is 6. The van der Waals surface area contributed by atoms with Crippen molar-refractivity contribution in [1.82, 2.24) is 20.2 Å². The van der Waals surface area contributed by atoms with Crippen molar-refractivity contribution in [2.75, 3.05) is 18.2 Å². The molecule has 0 spiro atoms. The number of carbonyl (C=O) groups is 1. The Balaban J connectivity index is 1.72. The lowest BCUT2D eigenvalue weighted by Gasteiger charge is -2.11. The zero-order chi connectivity index (χ0) is 19.4. The predicted octanol–water partition coefficient (Wildman–Crippen LogP) is 3.62. The molecule has 0 saturated carbocycles. The van der Waals surface area contributed by atoms with Crippen LogP contribution in [0.2, 0.25) is 0 Å². The van der Waals surface area contributed by atoms with Gasteiger partial charge in [-0.2, -0.15) is 4.68 Å². The molecule has 9 heteroatoms. The summed E-state index contributed by atoms with van der Waals surface area (Å²) in [6.45, 7) is 3.95. The molecular formula is C18H18IN5O2S. The number of rotatable bonds is 6. The molecule has 0 aliphatic carbocycles. The van der Waals surface area contributed by atoms with Crippen molar-refractivity contribution in [1.29, 1.82) is 0 Å². The highest BCUT2D eigenvalue weighted by Crippen LogP contribution is 2.27. The molecule has 1 amide bonds. The van der Waals surface area contributed by atoms with E-state index in [0.717, 1.165) is 26.1 Å². The van der Waals surface area contributed by atoms with Gasteiger partial charge in [0.2, 0.25) is 11.1 Å². The van der Waals surface area contributed by atoms with Crippen LogP contribution < -0.4 is 10.1 Å². The number of tetrazole rings is 1. The van der Waals surface area contributed by atoms with Crippen LogP contribution in [0.5, 0.6) is 5.75 Å². The number of halogens is 1. The summed E-state index contributed by atoms with van der Waals surface area (Å²) in [4.78, 5) is 12.3. The van der Waals surface area contributed by atoms with Crippen molar-refractivity contribution < 1.29 is 9.53 Å². The predicted molar refractivity (Wildman–Crippen MR) is 114 cm³/mol. The van der Waals surface area contributed by atoms with Crippen molar-refractivity contribution in [2.45, 2.75) is 19.0 Å². The van der Waals surface area contributed by atoms with E-state index in [9.17, 15) is 4.79 Å². The molecule has 140 valence electrons. The van der Waals surface area contributed by atoms with Gasteiger partial charge in [0.25, 0.3) is 0 Å². The maximum absolute atomic E-state index is 12.3. The van der Waals surface area contributed by atoms with Crippen molar-refractivity contribution >= 4 is 45.9 Å². The molecule has 3 rings (SSSR count). The molecule has 0 aliphatic rings. The molecule has 3 aromatic rings. The Bertz CT molecular complexity index is 976. The quantitative estimate of drug-likeness (QED) is 0.416. The monoisotopic (exact) mass is 495 g/mol. The molecule has 0 radical (unpaired) electrons. The molecular weight excluding hydrogens is 477 g/mol. The fourth-order valence-electron chi connectivity index (χ4n) is 2.47. The van der Waals surface area contributed by atoms with E-state index in [2.05, 4.69) is 43.4 Å². The third kappa shape index (κ3) is 4.78. The number of methoxy groups -OCH3 is 1. The van der Waals surface area contributed by atoms with E-state index >= 15 is 0 Å². The lowest BCUT2D eigenvalue weighted by atomic mass is 10.2. The normalized spacial score (nSPS) is 10.7. The van der Waals surface area contributed by atoms with Gasteiger partial charge in [0, 0.05) is 9.26 Å². The minimum atomic E-state index is -0.116. The first-order valence-electron chi connectivity index (χ1n) is 8.10. The highest BCUT2D eigenvalue weighted by molar-refractivity contribution is 14.1. The summed E-state index contributed by atoms with van der Waals surface area (Å²) < 4.78 is 8.11. The lowest BCUT2D eigenvalue weighted by Crippen LogP contribution is -2.15. The minimum absolute atomic E-state index is 0.116. The first-order chi connectivity index (χ1) is 13.0. The molecule has 0 aliphatic heterocycles. The maximum Gasteiger partial charge on any atom is 0.234 e. The van der Waals surface area contributed by atoms with Gasteiger partial charge in [0.1, 0.15) is 11.4 Å². The minimum Gasteiger partial charge on any atom is -0.494 e. The fourth-order valence-corrected chi connectivity index (χ4v) is 3.80. The summed E-state index contributed by atoms with van der Waals surface area (Å²) in [5.41, 5.74) is 3.62. The summed E-state index contributed by atoms with van der Waals surface area (Å²) >= 11 is 3.51. The molecule has 2 aromatic carbocycles. The second kappa shape index (κ2) is 8.70. The molecule has 0 atom stereocenters. The highest BCUT2D eigenvalue weighted by Gasteiger charge is 2.15.